The summed E-state index contributed by atoms with van der Waals surface area (Å²) in [6, 6.07) is 21.8. The molecule has 4 nitrogen and oxygen atoms in total. The standard InChI is InChI=1S/C22H19ClN2O2S/c1-15-3-2-4-16(13-15)22(27)25-19-9-7-18(8-10-19)24-21(26)14-28-20-11-5-17(23)6-12-20/h2-13H,14H2,1H3,(H,24,26)(H,25,27). The van der Waals surface area contributed by atoms with Crippen LogP contribution in [0.25, 0.3) is 0 Å². The van der Waals surface area contributed by atoms with Crippen LogP contribution in [-0.4, -0.2) is 17.6 Å². The number of benzene rings is 3. The van der Waals surface area contributed by atoms with Crippen molar-refractivity contribution in [3.8, 4) is 0 Å². The van der Waals surface area contributed by atoms with Gasteiger partial charge in [-0.1, -0.05) is 29.3 Å². The van der Waals surface area contributed by atoms with Gasteiger partial charge in [-0.3, -0.25) is 9.59 Å². The van der Waals surface area contributed by atoms with Crippen LogP contribution in [0.4, 0.5) is 11.4 Å². The Bertz CT molecular complexity index is 973. The molecule has 0 aromatic heterocycles. The third kappa shape index (κ3) is 5.87. The maximum Gasteiger partial charge on any atom is 0.255 e. The van der Waals surface area contributed by atoms with E-state index in [1.165, 1.54) is 11.8 Å². The second kappa shape index (κ2) is 9.44. The number of aryl methyl sites for hydroxylation is 1. The maximum atomic E-state index is 12.3. The Morgan fingerprint density at radius 2 is 1.54 bits per heavy atom. The molecule has 2 amide bonds. The largest absolute Gasteiger partial charge is 0.325 e. The Morgan fingerprint density at radius 3 is 2.18 bits per heavy atom. The number of halogens is 1. The quantitative estimate of drug-likeness (QED) is 0.517. The van der Waals surface area contributed by atoms with Crippen molar-refractivity contribution in [1.29, 1.82) is 0 Å². The third-order valence-electron chi connectivity index (χ3n) is 3.89. The highest BCUT2D eigenvalue weighted by atomic mass is 35.5. The molecule has 0 bridgehead atoms. The maximum absolute atomic E-state index is 12.3. The van der Waals surface area contributed by atoms with E-state index in [1.54, 1.807) is 42.5 Å². The van der Waals surface area contributed by atoms with Crippen LogP contribution in [0.5, 0.6) is 0 Å². The monoisotopic (exact) mass is 410 g/mol. The Morgan fingerprint density at radius 1 is 0.893 bits per heavy atom. The van der Waals surface area contributed by atoms with Crippen molar-refractivity contribution in [3.63, 3.8) is 0 Å². The summed E-state index contributed by atoms with van der Waals surface area (Å²) in [5.74, 6) is 0.0318. The zero-order chi connectivity index (χ0) is 19.9. The molecule has 0 spiro atoms. The highest BCUT2D eigenvalue weighted by Crippen LogP contribution is 2.21. The first-order chi connectivity index (χ1) is 13.5. The van der Waals surface area contributed by atoms with Gasteiger partial charge in [0, 0.05) is 26.9 Å². The molecular formula is C22H19ClN2O2S. The molecule has 0 unspecified atom stereocenters. The molecule has 0 saturated heterocycles. The van der Waals surface area contributed by atoms with E-state index in [2.05, 4.69) is 10.6 Å². The number of nitrogens with one attached hydrogen (secondary N) is 2. The predicted octanol–water partition coefficient (Wildman–Crippen LogP) is 5.63. The Labute approximate surface area is 173 Å². The Kier molecular flexibility index (Phi) is 6.74. The summed E-state index contributed by atoms with van der Waals surface area (Å²) in [5.41, 5.74) is 2.98. The molecule has 28 heavy (non-hydrogen) atoms. The molecule has 3 aromatic rings. The van der Waals surface area contributed by atoms with E-state index in [0.29, 0.717) is 27.7 Å². The fraction of sp³-hybridized carbons (Fsp3) is 0.0909. The number of hydrogen-bond donors (Lipinski definition) is 2. The molecule has 3 aromatic carbocycles. The zero-order valence-corrected chi connectivity index (χ0v) is 16.8. The molecule has 142 valence electrons. The van der Waals surface area contributed by atoms with Crippen molar-refractivity contribution >= 4 is 46.6 Å². The van der Waals surface area contributed by atoms with Gasteiger partial charge in [-0.05, 0) is 67.6 Å². The van der Waals surface area contributed by atoms with Gasteiger partial charge in [-0.25, -0.2) is 0 Å². The van der Waals surface area contributed by atoms with E-state index in [9.17, 15) is 9.59 Å². The van der Waals surface area contributed by atoms with Crippen LogP contribution < -0.4 is 10.6 Å². The van der Waals surface area contributed by atoms with Gasteiger partial charge in [0.15, 0.2) is 0 Å². The van der Waals surface area contributed by atoms with Crippen molar-refractivity contribution in [3.05, 3.63) is 88.9 Å². The predicted molar refractivity (Wildman–Crippen MR) is 116 cm³/mol. The van der Waals surface area contributed by atoms with Crippen LogP contribution in [0.3, 0.4) is 0 Å². The average molecular weight is 411 g/mol. The SMILES string of the molecule is Cc1cccc(C(=O)Nc2ccc(NC(=O)CSc3ccc(Cl)cc3)cc2)c1. The minimum atomic E-state index is -0.167. The van der Waals surface area contributed by atoms with E-state index >= 15 is 0 Å². The molecule has 0 aliphatic carbocycles. The summed E-state index contributed by atoms with van der Waals surface area (Å²) in [6.07, 6.45) is 0. The van der Waals surface area contributed by atoms with Gasteiger partial charge < -0.3 is 10.6 Å². The minimum absolute atomic E-state index is 0.100. The molecule has 0 heterocycles. The van der Waals surface area contributed by atoms with Gasteiger partial charge in [-0.2, -0.15) is 0 Å². The number of amides is 2. The fourth-order valence-electron chi connectivity index (χ4n) is 2.50. The summed E-state index contributed by atoms with van der Waals surface area (Å²) in [5, 5.41) is 6.37. The number of thioether (sulfide) groups is 1. The summed E-state index contributed by atoms with van der Waals surface area (Å²) in [7, 11) is 0. The van der Waals surface area contributed by atoms with Gasteiger partial charge in [0.2, 0.25) is 5.91 Å². The average Bonchev–Trinajstić information content (AvgIpc) is 2.69. The van der Waals surface area contributed by atoms with Crippen molar-refractivity contribution in [2.24, 2.45) is 0 Å². The Hall–Kier alpha value is -2.76. The lowest BCUT2D eigenvalue weighted by molar-refractivity contribution is -0.113. The summed E-state index contributed by atoms with van der Waals surface area (Å²) < 4.78 is 0. The normalized spacial score (nSPS) is 10.4. The molecule has 0 atom stereocenters. The van der Waals surface area contributed by atoms with Gasteiger partial charge in [-0.15, -0.1) is 11.8 Å². The number of carbonyl (C=O) groups is 2. The second-order valence-corrected chi connectivity index (χ2v) is 7.68. The van der Waals surface area contributed by atoms with Crippen LogP contribution in [-0.2, 0) is 4.79 Å². The number of carbonyl (C=O) groups excluding carboxylic acids is 2. The first-order valence-electron chi connectivity index (χ1n) is 8.66. The lowest BCUT2D eigenvalue weighted by Crippen LogP contribution is -2.14. The number of rotatable bonds is 6. The second-order valence-electron chi connectivity index (χ2n) is 6.19. The topological polar surface area (TPSA) is 58.2 Å². The van der Waals surface area contributed by atoms with Crippen molar-refractivity contribution < 1.29 is 9.59 Å². The lowest BCUT2D eigenvalue weighted by atomic mass is 10.1. The van der Waals surface area contributed by atoms with Crippen LogP contribution in [0.1, 0.15) is 15.9 Å². The van der Waals surface area contributed by atoms with Crippen LogP contribution in [0.2, 0.25) is 5.02 Å². The van der Waals surface area contributed by atoms with Crippen LogP contribution >= 0.6 is 23.4 Å². The van der Waals surface area contributed by atoms with Gasteiger partial charge in [0.25, 0.3) is 5.91 Å². The van der Waals surface area contributed by atoms with E-state index < -0.39 is 0 Å². The molecule has 0 radical (unpaired) electrons. The first kappa shape index (κ1) is 20.0. The fourth-order valence-corrected chi connectivity index (χ4v) is 3.33. The smallest absolute Gasteiger partial charge is 0.255 e. The molecule has 0 aliphatic rings. The number of anilines is 2. The van der Waals surface area contributed by atoms with Crippen molar-refractivity contribution in [2.45, 2.75) is 11.8 Å². The highest BCUT2D eigenvalue weighted by molar-refractivity contribution is 8.00. The summed E-state index contributed by atoms with van der Waals surface area (Å²) in [4.78, 5) is 25.4. The highest BCUT2D eigenvalue weighted by Gasteiger charge is 2.07. The number of hydrogen-bond acceptors (Lipinski definition) is 3. The van der Waals surface area contributed by atoms with Gasteiger partial charge in [0.05, 0.1) is 5.75 Å². The summed E-state index contributed by atoms with van der Waals surface area (Å²) in [6.45, 7) is 1.94. The molecule has 0 fully saturated rings. The van der Waals surface area contributed by atoms with E-state index in [-0.39, 0.29) is 11.8 Å². The molecule has 0 aliphatic heterocycles. The Balaban J connectivity index is 1.51. The first-order valence-corrected chi connectivity index (χ1v) is 10.0. The van der Waals surface area contributed by atoms with Crippen molar-refractivity contribution in [1.82, 2.24) is 0 Å². The van der Waals surface area contributed by atoms with Crippen LogP contribution in [0, 0.1) is 6.92 Å². The van der Waals surface area contributed by atoms with Crippen LogP contribution in [0.15, 0.2) is 77.7 Å². The minimum Gasteiger partial charge on any atom is -0.325 e. The lowest BCUT2D eigenvalue weighted by Gasteiger charge is -2.08. The van der Waals surface area contributed by atoms with E-state index in [1.807, 2.05) is 37.3 Å². The van der Waals surface area contributed by atoms with E-state index in [4.69, 9.17) is 11.6 Å². The molecule has 6 heteroatoms. The van der Waals surface area contributed by atoms with Crippen molar-refractivity contribution in [2.75, 3.05) is 16.4 Å². The summed E-state index contributed by atoms with van der Waals surface area (Å²) >= 11 is 7.29. The zero-order valence-electron chi connectivity index (χ0n) is 15.2. The molecular weight excluding hydrogens is 392 g/mol. The molecule has 3 rings (SSSR count). The third-order valence-corrected chi connectivity index (χ3v) is 5.15. The van der Waals surface area contributed by atoms with Gasteiger partial charge >= 0.3 is 0 Å². The molecule has 0 saturated carbocycles. The molecule has 2 N–H and O–H groups in total. The van der Waals surface area contributed by atoms with E-state index in [0.717, 1.165) is 10.5 Å². The van der Waals surface area contributed by atoms with Gasteiger partial charge in [0.1, 0.15) is 0 Å².